The molecule has 0 aromatic heterocycles. The molecule has 17 heavy (non-hydrogen) atoms. The monoisotopic (exact) mass is 258 g/mol. The number of Topliss-reactive ketones (excluding diaryl/α,β-unsaturated/α-hetero) is 1. The van der Waals surface area contributed by atoms with E-state index >= 15 is 0 Å². The molecule has 0 bridgehead atoms. The standard InChI is InChI=1S/C14H23ClO2/c1-17-14(9-5-2-3-7-11-15)10-6-4-8-13(16)12-14/h3,7H,2,4-6,8-12H2,1H3/b7-3+. The van der Waals surface area contributed by atoms with Gasteiger partial charge in [0.25, 0.3) is 0 Å². The fourth-order valence-corrected chi connectivity index (χ4v) is 2.64. The molecule has 0 radical (unpaired) electrons. The minimum Gasteiger partial charge on any atom is -0.378 e. The normalized spacial score (nSPS) is 26.4. The van der Waals surface area contributed by atoms with Gasteiger partial charge in [0.2, 0.25) is 0 Å². The van der Waals surface area contributed by atoms with Crippen LogP contribution in [-0.2, 0) is 9.53 Å². The maximum Gasteiger partial charge on any atom is 0.135 e. The van der Waals surface area contributed by atoms with Crippen molar-refractivity contribution in [3.8, 4) is 0 Å². The van der Waals surface area contributed by atoms with Gasteiger partial charge in [-0.2, -0.15) is 0 Å². The Kier molecular flexibility index (Phi) is 6.83. The number of alkyl halides is 1. The molecule has 0 aromatic carbocycles. The Bertz CT molecular complexity index is 263. The van der Waals surface area contributed by atoms with Crippen LogP contribution in [0.4, 0.5) is 0 Å². The summed E-state index contributed by atoms with van der Waals surface area (Å²) >= 11 is 5.57. The van der Waals surface area contributed by atoms with Gasteiger partial charge in [0, 0.05) is 25.8 Å². The first kappa shape index (κ1) is 14.7. The summed E-state index contributed by atoms with van der Waals surface area (Å²) in [4.78, 5) is 11.7. The van der Waals surface area contributed by atoms with Crippen LogP contribution < -0.4 is 0 Å². The van der Waals surface area contributed by atoms with E-state index in [1.54, 1.807) is 7.11 Å². The number of ketones is 1. The number of methoxy groups -OCH3 is 1. The molecule has 1 fully saturated rings. The average molecular weight is 259 g/mol. The second-order valence-corrected chi connectivity index (χ2v) is 5.14. The van der Waals surface area contributed by atoms with Crippen LogP contribution in [0, 0.1) is 0 Å². The van der Waals surface area contributed by atoms with Crippen LogP contribution in [0.25, 0.3) is 0 Å². The fourth-order valence-electron chi connectivity index (χ4n) is 2.52. The summed E-state index contributed by atoms with van der Waals surface area (Å²) in [5.41, 5.74) is -0.192. The summed E-state index contributed by atoms with van der Waals surface area (Å²) in [6.45, 7) is 0. The van der Waals surface area contributed by atoms with Crippen LogP contribution in [0.15, 0.2) is 12.2 Å². The van der Waals surface area contributed by atoms with Crippen molar-refractivity contribution in [1.82, 2.24) is 0 Å². The molecule has 98 valence electrons. The van der Waals surface area contributed by atoms with E-state index < -0.39 is 0 Å². The van der Waals surface area contributed by atoms with Crippen molar-refractivity contribution in [1.29, 1.82) is 0 Å². The Morgan fingerprint density at radius 2 is 2.24 bits per heavy atom. The van der Waals surface area contributed by atoms with Crippen molar-refractivity contribution in [2.75, 3.05) is 13.0 Å². The average Bonchev–Trinajstić information content (AvgIpc) is 2.51. The van der Waals surface area contributed by atoms with Crippen molar-refractivity contribution in [2.24, 2.45) is 0 Å². The van der Waals surface area contributed by atoms with Crippen LogP contribution >= 0.6 is 11.6 Å². The molecule has 0 amide bonds. The number of rotatable bonds is 6. The molecule has 1 rings (SSSR count). The molecule has 1 aliphatic rings. The maximum absolute atomic E-state index is 11.7. The van der Waals surface area contributed by atoms with Crippen LogP contribution in [0.2, 0.25) is 0 Å². The smallest absolute Gasteiger partial charge is 0.135 e. The largest absolute Gasteiger partial charge is 0.378 e. The maximum atomic E-state index is 11.7. The highest BCUT2D eigenvalue weighted by molar-refractivity contribution is 6.18. The number of hydrogen-bond donors (Lipinski definition) is 0. The summed E-state index contributed by atoms with van der Waals surface area (Å²) in [5.74, 6) is 0.939. The fraction of sp³-hybridized carbons (Fsp3) is 0.786. The van der Waals surface area contributed by atoms with Gasteiger partial charge in [0.1, 0.15) is 5.78 Å². The number of ether oxygens (including phenoxy) is 1. The molecule has 0 spiro atoms. The van der Waals surface area contributed by atoms with Gasteiger partial charge < -0.3 is 4.74 Å². The predicted molar refractivity (Wildman–Crippen MR) is 71.5 cm³/mol. The minimum absolute atomic E-state index is 0.192. The number of unbranched alkanes of at least 4 members (excludes halogenated alkanes) is 1. The zero-order valence-electron chi connectivity index (χ0n) is 10.7. The highest BCUT2D eigenvalue weighted by atomic mass is 35.5. The van der Waals surface area contributed by atoms with Gasteiger partial charge in [-0.05, 0) is 32.1 Å². The minimum atomic E-state index is -0.192. The second-order valence-electron chi connectivity index (χ2n) is 4.83. The Hall–Kier alpha value is -0.340. The lowest BCUT2D eigenvalue weighted by Crippen LogP contribution is -2.32. The van der Waals surface area contributed by atoms with E-state index in [2.05, 4.69) is 6.08 Å². The van der Waals surface area contributed by atoms with Crippen LogP contribution in [0.5, 0.6) is 0 Å². The lowest BCUT2D eigenvalue weighted by Gasteiger charge is -2.30. The topological polar surface area (TPSA) is 26.3 Å². The summed E-state index contributed by atoms with van der Waals surface area (Å²) in [6, 6.07) is 0. The van der Waals surface area contributed by atoms with Gasteiger partial charge in [-0.3, -0.25) is 4.79 Å². The van der Waals surface area contributed by atoms with Crippen molar-refractivity contribution in [3.05, 3.63) is 12.2 Å². The van der Waals surface area contributed by atoms with Crippen molar-refractivity contribution < 1.29 is 9.53 Å². The number of carbonyl (C=O) groups is 1. The number of hydrogen-bond acceptors (Lipinski definition) is 2. The van der Waals surface area contributed by atoms with E-state index in [4.69, 9.17) is 16.3 Å². The first-order chi connectivity index (χ1) is 8.22. The molecule has 0 heterocycles. The van der Waals surface area contributed by atoms with Crippen molar-refractivity contribution in [2.45, 2.75) is 57.0 Å². The van der Waals surface area contributed by atoms with Gasteiger partial charge in [-0.15, -0.1) is 11.6 Å². The molecule has 1 unspecified atom stereocenters. The third-order valence-corrected chi connectivity index (χ3v) is 3.73. The van der Waals surface area contributed by atoms with E-state index in [0.29, 0.717) is 18.1 Å². The molecule has 0 saturated heterocycles. The molecule has 0 N–H and O–H groups in total. The van der Waals surface area contributed by atoms with E-state index in [-0.39, 0.29) is 5.60 Å². The third kappa shape index (κ3) is 5.22. The number of allylic oxidation sites excluding steroid dienone is 2. The number of halogens is 1. The van der Waals surface area contributed by atoms with Gasteiger partial charge >= 0.3 is 0 Å². The van der Waals surface area contributed by atoms with Gasteiger partial charge in [0.05, 0.1) is 5.60 Å². The molecule has 0 aromatic rings. The third-order valence-electron chi connectivity index (χ3n) is 3.55. The molecule has 0 aliphatic heterocycles. The lowest BCUT2D eigenvalue weighted by molar-refractivity contribution is -0.125. The van der Waals surface area contributed by atoms with Crippen LogP contribution in [-0.4, -0.2) is 24.4 Å². The first-order valence-electron chi connectivity index (χ1n) is 6.50. The van der Waals surface area contributed by atoms with Gasteiger partial charge in [-0.25, -0.2) is 0 Å². The van der Waals surface area contributed by atoms with Gasteiger partial charge in [0.15, 0.2) is 0 Å². The number of carbonyl (C=O) groups excluding carboxylic acids is 1. The Morgan fingerprint density at radius 1 is 1.41 bits per heavy atom. The summed E-state index contributed by atoms with van der Waals surface area (Å²) in [6.07, 6.45) is 11.6. The Morgan fingerprint density at radius 3 is 2.94 bits per heavy atom. The zero-order chi connectivity index (χ0) is 12.6. The molecule has 1 aliphatic carbocycles. The van der Waals surface area contributed by atoms with Crippen molar-refractivity contribution >= 4 is 17.4 Å². The van der Waals surface area contributed by atoms with E-state index in [1.165, 1.54) is 0 Å². The summed E-state index contributed by atoms with van der Waals surface area (Å²) in [7, 11) is 1.74. The molecule has 2 nitrogen and oxygen atoms in total. The summed E-state index contributed by atoms with van der Waals surface area (Å²) < 4.78 is 5.66. The van der Waals surface area contributed by atoms with Crippen LogP contribution in [0.3, 0.4) is 0 Å². The Labute approximate surface area is 109 Å². The predicted octanol–water partition coefficient (Wildman–Crippen LogP) is 3.87. The highest BCUT2D eigenvalue weighted by Gasteiger charge is 2.33. The quantitative estimate of drug-likeness (QED) is 0.313. The SMILES string of the molecule is COC1(CCC/C=C/CCl)CCCCC(=O)C1. The van der Waals surface area contributed by atoms with Crippen molar-refractivity contribution in [3.63, 3.8) is 0 Å². The van der Waals surface area contributed by atoms with E-state index in [1.807, 2.05) is 6.08 Å². The second kappa shape index (κ2) is 7.88. The molecule has 3 heteroatoms. The van der Waals surface area contributed by atoms with E-state index in [0.717, 1.165) is 44.9 Å². The highest BCUT2D eigenvalue weighted by Crippen LogP contribution is 2.32. The molecular formula is C14H23ClO2. The molecule has 1 atom stereocenters. The first-order valence-corrected chi connectivity index (χ1v) is 7.04. The lowest BCUT2D eigenvalue weighted by atomic mass is 9.88. The zero-order valence-corrected chi connectivity index (χ0v) is 11.5. The van der Waals surface area contributed by atoms with E-state index in [9.17, 15) is 4.79 Å². The van der Waals surface area contributed by atoms with Crippen LogP contribution in [0.1, 0.15) is 51.4 Å². The van der Waals surface area contributed by atoms with Gasteiger partial charge in [-0.1, -0.05) is 18.6 Å². The summed E-state index contributed by atoms with van der Waals surface area (Å²) in [5, 5.41) is 0. The molecular weight excluding hydrogens is 236 g/mol. The molecule has 1 saturated carbocycles. The Balaban J connectivity index is 2.43.